The fraction of sp³-hybridized carbons (Fsp3) is 0.429. The zero-order valence-electron chi connectivity index (χ0n) is 10.9. The molecule has 0 spiro atoms. The molecule has 0 atom stereocenters. The zero-order chi connectivity index (χ0) is 13.9. The van der Waals surface area contributed by atoms with Gasteiger partial charge in [-0.3, -0.25) is 0 Å². The second kappa shape index (κ2) is 6.28. The Hall–Kier alpha value is -0.850. The first-order chi connectivity index (χ1) is 9.72. The lowest BCUT2D eigenvalue weighted by Crippen LogP contribution is -2.17. The molecule has 0 unspecified atom stereocenters. The van der Waals surface area contributed by atoms with Gasteiger partial charge in [-0.1, -0.05) is 27.3 Å². The van der Waals surface area contributed by atoms with Crippen LogP contribution < -0.4 is 5.32 Å². The molecule has 1 saturated carbocycles. The molecule has 6 heteroatoms. The average molecular weight is 356 g/mol. The lowest BCUT2D eigenvalue weighted by atomic mass is 10.2. The molecule has 0 saturated heterocycles. The summed E-state index contributed by atoms with van der Waals surface area (Å²) in [5.74, 6) is -0.266. The van der Waals surface area contributed by atoms with Crippen molar-refractivity contribution in [3.05, 3.63) is 33.5 Å². The summed E-state index contributed by atoms with van der Waals surface area (Å²) in [4.78, 5) is 0. The number of nitrogens with zero attached hydrogens (tertiary/aromatic N) is 2. The SMILES string of the molecule is Fc1cc(Br)ccc1-c1nnc(CCCNC2CC2)s1. The average Bonchev–Trinajstić information content (AvgIpc) is 3.13. The Morgan fingerprint density at radius 2 is 2.20 bits per heavy atom. The summed E-state index contributed by atoms with van der Waals surface area (Å²) in [6, 6.07) is 5.75. The Balaban J connectivity index is 1.60. The topological polar surface area (TPSA) is 37.8 Å². The van der Waals surface area contributed by atoms with Crippen LogP contribution in [-0.2, 0) is 6.42 Å². The van der Waals surface area contributed by atoms with Crippen molar-refractivity contribution < 1.29 is 4.39 Å². The predicted octanol–water partition coefficient (Wildman–Crippen LogP) is 3.79. The Morgan fingerprint density at radius 3 is 2.95 bits per heavy atom. The van der Waals surface area contributed by atoms with Crippen molar-refractivity contribution in [1.82, 2.24) is 15.5 Å². The van der Waals surface area contributed by atoms with Gasteiger partial charge in [-0.05, 0) is 44.0 Å². The molecule has 0 amide bonds. The van der Waals surface area contributed by atoms with E-state index in [4.69, 9.17) is 0 Å². The van der Waals surface area contributed by atoms with E-state index >= 15 is 0 Å². The van der Waals surface area contributed by atoms with Crippen molar-refractivity contribution in [1.29, 1.82) is 0 Å². The summed E-state index contributed by atoms with van der Waals surface area (Å²) in [5, 5.41) is 13.3. The van der Waals surface area contributed by atoms with E-state index in [0.29, 0.717) is 10.6 Å². The summed E-state index contributed by atoms with van der Waals surface area (Å²) < 4.78 is 14.6. The molecule has 1 fully saturated rings. The van der Waals surface area contributed by atoms with E-state index in [1.165, 1.54) is 30.2 Å². The van der Waals surface area contributed by atoms with E-state index in [-0.39, 0.29) is 5.82 Å². The molecule has 2 aromatic rings. The van der Waals surface area contributed by atoms with Crippen LogP contribution in [0.1, 0.15) is 24.3 Å². The van der Waals surface area contributed by atoms with Crippen LogP contribution in [0.5, 0.6) is 0 Å². The molecule has 0 aliphatic heterocycles. The summed E-state index contributed by atoms with van der Waals surface area (Å²) >= 11 is 4.73. The highest BCUT2D eigenvalue weighted by molar-refractivity contribution is 9.10. The molecule has 1 aliphatic rings. The summed E-state index contributed by atoms with van der Waals surface area (Å²) in [5.41, 5.74) is 0.521. The number of benzene rings is 1. The second-order valence-electron chi connectivity index (χ2n) is 4.96. The van der Waals surface area contributed by atoms with Crippen molar-refractivity contribution in [3.63, 3.8) is 0 Å². The summed E-state index contributed by atoms with van der Waals surface area (Å²) in [6.07, 6.45) is 4.57. The Labute approximate surface area is 129 Å². The normalized spacial score (nSPS) is 14.7. The maximum absolute atomic E-state index is 13.8. The van der Waals surface area contributed by atoms with Crippen LogP contribution in [0.4, 0.5) is 4.39 Å². The molecule has 1 heterocycles. The molecule has 0 radical (unpaired) electrons. The third-order valence-corrected chi connectivity index (χ3v) is 4.72. The number of nitrogens with one attached hydrogen (secondary N) is 1. The van der Waals surface area contributed by atoms with Crippen LogP contribution in [0, 0.1) is 5.82 Å². The number of aromatic nitrogens is 2. The Morgan fingerprint density at radius 1 is 1.35 bits per heavy atom. The maximum Gasteiger partial charge on any atom is 0.150 e. The van der Waals surface area contributed by atoms with Crippen LogP contribution in [-0.4, -0.2) is 22.8 Å². The molecule has 3 rings (SSSR count). The van der Waals surface area contributed by atoms with Crippen molar-refractivity contribution >= 4 is 27.3 Å². The minimum absolute atomic E-state index is 0.266. The Bertz CT molecular complexity index is 598. The molecule has 3 nitrogen and oxygen atoms in total. The van der Waals surface area contributed by atoms with Crippen LogP contribution in [0.15, 0.2) is 22.7 Å². The van der Waals surface area contributed by atoms with Gasteiger partial charge in [0.25, 0.3) is 0 Å². The predicted molar refractivity (Wildman–Crippen MR) is 82.3 cm³/mol. The molecular weight excluding hydrogens is 341 g/mol. The van der Waals surface area contributed by atoms with Crippen LogP contribution in [0.3, 0.4) is 0 Å². The first kappa shape index (κ1) is 14.1. The van der Waals surface area contributed by atoms with Gasteiger partial charge in [0.05, 0.1) is 0 Å². The fourth-order valence-corrected chi connectivity index (χ4v) is 3.20. The van der Waals surface area contributed by atoms with E-state index in [1.807, 2.05) is 6.07 Å². The molecule has 1 aliphatic carbocycles. The largest absolute Gasteiger partial charge is 0.314 e. The molecule has 1 aromatic carbocycles. The van der Waals surface area contributed by atoms with E-state index in [2.05, 4.69) is 31.4 Å². The third-order valence-electron chi connectivity index (χ3n) is 3.21. The monoisotopic (exact) mass is 355 g/mol. The minimum Gasteiger partial charge on any atom is -0.314 e. The number of hydrogen-bond donors (Lipinski definition) is 1. The molecular formula is C14H15BrFN3S. The number of halogens is 2. The van der Waals surface area contributed by atoms with Crippen LogP contribution in [0.25, 0.3) is 10.6 Å². The second-order valence-corrected chi connectivity index (χ2v) is 6.93. The van der Waals surface area contributed by atoms with Crippen molar-refractivity contribution in [2.45, 2.75) is 31.7 Å². The fourth-order valence-electron chi connectivity index (χ4n) is 1.96. The van der Waals surface area contributed by atoms with Gasteiger partial charge in [-0.25, -0.2) is 4.39 Å². The van der Waals surface area contributed by atoms with Gasteiger partial charge in [0.1, 0.15) is 10.8 Å². The van der Waals surface area contributed by atoms with Gasteiger partial charge in [-0.2, -0.15) is 0 Å². The van der Waals surface area contributed by atoms with Gasteiger partial charge < -0.3 is 5.32 Å². The minimum atomic E-state index is -0.266. The summed E-state index contributed by atoms with van der Waals surface area (Å²) in [7, 11) is 0. The van der Waals surface area contributed by atoms with Gasteiger partial charge in [0, 0.05) is 22.5 Å². The van der Waals surface area contributed by atoms with E-state index in [1.54, 1.807) is 6.07 Å². The number of aryl methyl sites for hydroxylation is 1. The van der Waals surface area contributed by atoms with Gasteiger partial charge >= 0.3 is 0 Å². The van der Waals surface area contributed by atoms with Crippen LogP contribution in [0.2, 0.25) is 0 Å². The molecule has 0 bridgehead atoms. The molecule has 106 valence electrons. The van der Waals surface area contributed by atoms with E-state index in [9.17, 15) is 4.39 Å². The number of hydrogen-bond acceptors (Lipinski definition) is 4. The van der Waals surface area contributed by atoms with Gasteiger partial charge in [0.15, 0.2) is 5.01 Å². The van der Waals surface area contributed by atoms with Gasteiger partial charge in [0.2, 0.25) is 0 Å². The highest BCUT2D eigenvalue weighted by atomic mass is 79.9. The van der Waals surface area contributed by atoms with Crippen molar-refractivity contribution in [2.24, 2.45) is 0 Å². The summed E-state index contributed by atoms with van der Waals surface area (Å²) in [6.45, 7) is 1.02. The first-order valence-corrected chi connectivity index (χ1v) is 8.34. The Kier molecular flexibility index (Phi) is 4.43. The highest BCUT2D eigenvalue weighted by Crippen LogP contribution is 2.28. The van der Waals surface area contributed by atoms with Crippen molar-refractivity contribution in [2.75, 3.05) is 6.54 Å². The number of rotatable bonds is 6. The molecule has 1 aromatic heterocycles. The standard InChI is InChI=1S/C14H15BrFN3S/c15-9-3-6-11(12(16)8-9)14-19-18-13(20-14)2-1-7-17-10-4-5-10/h3,6,8,10,17H,1-2,4-5,7H2. The smallest absolute Gasteiger partial charge is 0.150 e. The first-order valence-electron chi connectivity index (χ1n) is 6.73. The lowest BCUT2D eigenvalue weighted by molar-refractivity contribution is 0.630. The quantitative estimate of drug-likeness (QED) is 0.801. The third kappa shape index (κ3) is 3.62. The van der Waals surface area contributed by atoms with E-state index in [0.717, 1.165) is 34.9 Å². The highest BCUT2D eigenvalue weighted by Gasteiger charge is 2.19. The van der Waals surface area contributed by atoms with Gasteiger partial charge in [-0.15, -0.1) is 10.2 Å². The maximum atomic E-state index is 13.8. The molecule has 20 heavy (non-hydrogen) atoms. The lowest BCUT2D eigenvalue weighted by Gasteiger charge is -1.99. The zero-order valence-corrected chi connectivity index (χ0v) is 13.3. The van der Waals surface area contributed by atoms with Crippen molar-refractivity contribution in [3.8, 4) is 10.6 Å². The van der Waals surface area contributed by atoms with Crippen LogP contribution >= 0.6 is 27.3 Å². The van der Waals surface area contributed by atoms with E-state index < -0.39 is 0 Å². The molecule has 1 N–H and O–H groups in total.